The van der Waals surface area contributed by atoms with Crippen LogP contribution in [-0.4, -0.2) is 42.3 Å². The monoisotopic (exact) mass is 422 g/mol. The largest absolute Gasteiger partial charge is 0.445 e. The van der Waals surface area contributed by atoms with E-state index in [4.69, 9.17) is 4.55 Å². The van der Waals surface area contributed by atoms with Crippen molar-refractivity contribution in [2.45, 2.75) is 62.5 Å². The maximum atomic E-state index is 13.4. The second kappa shape index (κ2) is 7.61. The maximum Gasteiger partial charge on any atom is 0.432 e. The van der Waals surface area contributed by atoms with Gasteiger partial charge in [-0.05, 0) is 31.6 Å². The van der Waals surface area contributed by atoms with Crippen molar-refractivity contribution in [1.29, 1.82) is 0 Å². The first-order valence-corrected chi connectivity index (χ1v) is 9.82. The predicted octanol–water partition coefficient (Wildman–Crippen LogP) is 3.12. The van der Waals surface area contributed by atoms with Crippen molar-refractivity contribution in [2.75, 3.05) is 0 Å². The third-order valence-corrected chi connectivity index (χ3v) is 6.00. The average Bonchev–Trinajstić information content (AvgIpc) is 2.52. The van der Waals surface area contributed by atoms with Crippen LogP contribution < -0.4 is 0 Å². The Morgan fingerprint density at radius 1 is 1.19 bits per heavy atom. The van der Waals surface area contributed by atoms with Crippen LogP contribution in [0.5, 0.6) is 0 Å². The van der Waals surface area contributed by atoms with E-state index in [1.807, 2.05) is 0 Å². The van der Waals surface area contributed by atoms with Gasteiger partial charge in [0.05, 0.1) is 0 Å². The molecule has 1 N–H and O–H groups in total. The minimum absolute atomic E-state index is 0.0885. The number of esters is 1. The second-order valence-electron chi connectivity index (χ2n) is 7.05. The summed E-state index contributed by atoms with van der Waals surface area (Å²) in [4.78, 5) is 23.9. The quantitative estimate of drug-likeness (QED) is 0.401. The van der Waals surface area contributed by atoms with E-state index in [2.05, 4.69) is 4.74 Å². The predicted molar refractivity (Wildman–Crippen MR) is 80.2 cm³/mol. The van der Waals surface area contributed by atoms with Crippen molar-refractivity contribution >= 4 is 21.9 Å². The van der Waals surface area contributed by atoms with Gasteiger partial charge < -0.3 is 4.74 Å². The Morgan fingerprint density at radius 3 is 2.37 bits per heavy atom. The molecule has 0 radical (unpaired) electrons. The molecule has 0 aromatic heterocycles. The van der Waals surface area contributed by atoms with E-state index in [0.717, 1.165) is 19.3 Å². The Hall–Kier alpha value is -1.30. The summed E-state index contributed by atoms with van der Waals surface area (Å²) in [5.41, 5.74) is 0. The van der Waals surface area contributed by atoms with Crippen molar-refractivity contribution in [3.63, 3.8) is 0 Å². The summed E-state index contributed by atoms with van der Waals surface area (Å²) in [6.07, 6.45) is -7.40. The minimum atomic E-state index is -6.47. The number of hydrogen-bond donors (Lipinski definition) is 1. The van der Waals surface area contributed by atoms with Gasteiger partial charge in [0.2, 0.25) is 0 Å². The van der Waals surface area contributed by atoms with E-state index in [1.165, 1.54) is 0 Å². The summed E-state index contributed by atoms with van der Waals surface area (Å²) in [5, 5.41) is -5.75. The van der Waals surface area contributed by atoms with E-state index in [1.54, 1.807) is 0 Å². The van der Waals surface area contributed by atoms with Gasteiger partial charge in [-0.25, -0.2) is 0 Å². The number of alkyl halides is 5. The molecule has 0 spiro atoms. The lowest BCUT2D eigenvalue weighted by atomic mass is 9.66. The zero-order valence-electron chi connectivity index (χ0n) is 14.0. The molecule has 2 fully saturated rings. The first-order valence-electron chi connectivity index (χ1n) is 8.38. The fraction of sp³-hybridized carbons (Fsp3) is 0.867. The van der Waals surface area contributed by atoms with Gasteiger partial charge in [0.1, 0.15) is 5.78 Å². The highest BCUT2D eigenvalue weighted by atomic mass is 32.2. The van der Waals surface area contributed by atoms with Gasteiger partial charge in [0, 0.05) is 18.3 Å². The normalized spacial score (nSPS) is 27.9. The minimum Gasteiger partial charge on any atom is -0.445 e. The molecular weight excluding hydrogens is 403 g/mol. The molecule has 0 saturated heterocycles. The van der Waals surface area contributed by atoms with E-state index in [9.17, 15) is 40.0 Å². The van der Waals surface area contributed by atoms with E-state index < -0.39 is 46.0 Å². The number of fused-ring (bicyclic) bond motifs is 2. The lowest BCUT2D eigenvalue weighted by Crippen LogP contribution is -2.52. The molecule has 0 aromatic rings. The highest BCUT2D eigenvalue weighted by molar-refractivity contribution is 7.86. The molecule has 12 heteroatoms. The van der Waals surface area contributed by atoms with Crippen molar-refractivity contribution in [3.05, 3.63) is 0 Å². The van der Waals surface area contributed by atoms with Gasteiger partial charge in [-0.1, -0.05) is 12.8 Å². The van der Waals surface area contributed by atoms with Gasteiger partial charge >= 0.3 is 27.5 Å². The number of carbonyl (C=O) groups is 2. The zero-order chi connectivity index (χ0) is 20.6. The molecular formula is C15H19F5O6S. The molecule has 2 bridgehead atoms. The average molecular weight is 422 g/mol. The molecule has 0 heterocycles. The molecule has 156 valence electrons. The Kier molecular flexibility index (Phi) is 6.20. The van der Waals surface area contributed by atoms with Gasteiger partial charge in [0.15, 0.2) is 0 Å². The summed E-state index contributed by atoms with van der Waals surface area (Å²) in [7, 11) is -6.47. The zero-order valence-corrected chi connectivity index (χ0v) is 14.9. The van der Waals surface area contributed by atoms with Crippen LogP contribution >= 0.6 is 0 Å². The lowest BCUT2D eigenvalue weighted by molar-refractivity contribution is -0.259. The Bertz CT molecular complexity index is 689. The van der Waals surface area contributed by atoms with Crippen LogP contribution in [0.25, 0.3) is 0 Å². The van der Waals surface area contributed by atoms with Crippen molar-refractivity contribution in [1.82, 2.24) is 0 Å². The molecule has 2 aliphatic rings. The van der Waals surface area contributed by atoms with Gasteiger partial charge in [0.25, 0.3) is 6.10 Å². The maximum absolute atomic E-state index is 13.4. The first-order chi connectivity index (χ1) is 12.2. The molecule has 0 aliphatic heterocycles. The molecule has 2 rings (SSSR count). The van der Waals surface area contributed by atoms with Crippen molar-refractivity contribution in [3.8, 4) is 0 Å². The summed E-state index contributed by atoms with van der Waals surface area (Å²) in [5.74, 6) is -2.23. The van der Waals surface area contributed by atoms with Crippen LogP contribution in [0.1, 0.15) is 44.9 Å². The molecule has 6 nitrogen and oxygen atoms in total. The summed E-state index contributed by atoms with van der Waals surface area (Å²) in [6.45, 7) is 0. The highest BCUT2D eigenvalue weighted by Crippen LogP contribution is 2.42. The number of ether oxygens (including phenoxy) is 1. The highest BCUT2D eigenvalue weighted by Gasteiger charge is 2.66. The number of rotatable bonds is 6. The molecule has 0 aromatic carbocycles. The second-order valence-corrected chi connectivity index (χ2v) is 8.55. The van der Waals surface area contributed by atoms with E-state index >= 15 is 0 Å². The topological polar surface area (TPSA) is 97.7 Å². The summed E-state index contributed by atoms with van der Waals surface area (Å²) < 4.78 is 98.1. The van der Waals surface area contributed by atoms with Crippen LogP contribution in [0.4, 0.5) is 22.0 Å². The van der Waals surface area contributed by atoms with Gasteiger partial charge in [-0.15, -0.1) is 0 Å². The van der Waals surface area contributed by atoms with Crippen LogP contribution in [0.15, 0.2) is 0 Å². The fourth-order valence-electron chi connectivity index (χ4n) is 3.82. The Morgan fingerprint density at radius 2 is 1.81 bits per heavy atom. The summed E-state index contributed by atoms with van der Waals surface area (Å²) >= 11 is 0. The lowest BCUT2D eigenvalue weighted by Gasteiger charge is -2.37. The van der Waals surface area contributed by atoms with Gasteiger partial charge in [-0.2, -0.15) is 30.4 Å². The number of carbonyl (C=O) groups excluding carboxylic acids is 2. The van der Waals surface area contributed by atoms with Crippen molar-refractivity contribution in [2.24, 2.45) is 17.8 Å². The summed E-state index contributed by atoms with van der Waals surface area (Å²) in [6, 6.07) is 0. The van der Waals surface area contributed by atoms with E-state index in [0.29, 0.717) is 12.8 Å². The number of halogens is 5. The molecule has 27 heavy (non-hydrogen) atoms. The number of ketones is 1. The van der Waals surface area contributed by atoms with Crippen LogP contribution in [0, 0.1) is 17.8 Å². The Labute approximate surface area is 152 Å². The van der Waals surface area contributed by atoms with Crippen LogP contribution in [0.2, 0.25) is 0 Å². The van der Waals surface area contributed by atoms with Crippen LogP contribution in [0.3, 0.4) is 0 Å². The molecule has 2 saturated carbocycles. The standard InChI is InChI=1S/C15H19F5O6S/c16-14(17,18)13(15(19,20)27(23,24)25)26-11(21)5-4-10-7-8-2-1-3-9(6-8)12(10)22/h8-10,13H,1-7H2,(H,23,24,25). The van der Waals surface area contributed by atoms with Crippen LogP contribution in [-0.2, 0) is 24.4 Å². The van der Waals surface area contributed by atoms with Crippen molar-refractivity contribution < 1.29 is 49.2 Å². The third-order valence-electron chi connectivity index (χ3n) is 5.10. The molecule has 2 aliphatic carbocycles. The Balaban J connectivity index is 2.01. The third kappa shape index (κ3) is 4.95. The smallest absolute Gasteiger partial charge is 0.432 e. The fourth-order valence-corrected chi connectivity index (χ4v) is 4.27. The van der Waals surface area contributed by atoms with E-state index in [-0.39, 0.29) is 24.0 Å². The number of hydrogen-bond acceptors (Lipinski definition) is 5. The molecule has 4 atom stereocenters. The molecule has 0 amide bonds. The SMILES string of the molecule is O=C(CCC1CC2CCCC(C2)C1=O)OC(C(F)(F)F)C(F)(F)S(=O)(=O)O. The molecule has 4 unspecified atom stereocenters. The first kappa shape index (κ1) is 22.0. The van der Waals surface area contributed by atoms with Gasteiger partial charge in [-0.3, -0.25) is 14.1 Å². The number of Topliss-reactive ketones (excluding diaryl/α,β-unsaturated/α-hetero) is 1.